The normalized spacial score (nSPS) is 9.86. The Morgan fingerprint density at radius 1 is 1.29 bits per heavy atom. The number of aliphatic carboxylic acids is 1. The number of carbonyl (C=O) groups is 2. The highest BCUT2D eigenvalue weighted by Gasteiger charge is 2.05. The van der Waals surface area contributed by atoms with Crippen LogP contribution in [0, 0.1) is 0 Å². The van der Waals surface area contributed by atoms with Crippen molar-refractivity contribution in [3.8, 4) is 0 Å². The predicted octanol–water partition coefficient (Wildman–Crippen LogP) is 1.48. The van der Waals surface area contributed by atoms with Crippen molar-refractivity contribution in [1.82, 2.24) is 4.90 Å². The zero-order valence-corrected chi connectivity index (χ0v) is 9.92. The van der Waals surface area contributed by atoms with Crippen LogP contribution in [-0.4, -0.2) is 40.8 Å². The minimum Gasteiger partial charge on any atom is -0.481 e. The summed E-state index contributed by atoms with van der Waals surface area (Å²) in [4.78, 5) is 22.9. The number of hydrogen-bond acceptors (Lipinski definition) is 2. The molecule has 0 aliphatic carbocycles. The quantitative estimate of drug-likeness (QED) is 0.561. The van der Waals surface area contributed by atoms with Crippen LogP contribution in [0.5, 0.6) is 0 Å². The molecule has 1 N–H and O–H groups in total. The highest BCUT2D eigenvalue weighted by molar-refractivity contribution is 9.09. The number of carboxylic acids is 1. The van der Waals surface area contributed by atoms with Gasteiger partial charge in [0.25, 0.3) is 0 Å². The first-order chi connectivity index (χ1) is 6.57. The van der Waals surface area contributed by atoms with E-state index in [-0.39, 0.29) is 12.3 Å². The molecule has 14 heavy (non-hydrogen) atoms. The van der Waals surface area contributed by atoms with Crippen LogP contribution in [-0.2, 0) is 9.59 Å². The van der Waals surface area contributed by atoms with Gasteiger partial charge in [0, 0.05) is 20.0 Å². The van der Waals surface area contributed by atoms with Gasteiger partial charge in [-0.15, -0.1) is 0 Å². The Morgan fingerprint density at radius 3 is 2.43 bits per heavy atom. The molecule has 0 spiro atoms. The molecule has 82 valence electrons. The van der Waals surface area contributed by atoms with Crippen LogP contribution in [0.2, 0.25) is 0 Å². The highest BCUT2D eigenvalue weighted by atomic mass is 79.9. The second-order valence-electron chi connectivity index (χ2n) is 3.15. The van der Waals surface area contributed by atoms with Gasteiger partial charge in [-0.1, -0.05) is 22.4 Å². The van der Waals surface area contributed by atoms with Gasteiger partial charge in [-0.05, 0) is 12.8 Å². The van der Waals surface area contributed by atoms with Crippen molar-refractivity contribution in [2.45, 2.75) is 25.7 Å². The lowest BCUT2D eigenvalue weighted by Gasteiger charge is -2.15. The lowest BCUT2D eigenvalue weighted by molar-refractivity contribution is -0.137. The zero-order valence-electron chi connectivity index (χ0n) is 8.33. The molecule has 0 bridgehead atoms. The summed E-state index contributed by atoms with van der Waals surface area (Å²) in [5.74, 6) is -0.696. The summed E-state index contributed by atoms with van der Waals surface area (Å²) in [6.45, 7) is 0.698. The Labute approximate surface area is 92.4 Å². The Hall–Kier alpha value is -0.580. The number of carboxylic acid groups (broad SMARTS) is 1. The summed E-state index contributed by atoms with van der Waals surface area (Å²) in [7, 11) is 1.75. The molecule has 0 heterocycles. The van der Waals surface area contributed by atoms with E-state index in [1.54, 1.807) is 11.9 Å². The summed E-state index contributed by atoms with van der Waals surface area (Å²) in [5, 5.41) is 8.72. The molecular weight excluding hydrogens is 250 g/mol. The minimum absolute atomic E-state index is 0.0586. The molecule has 0 rings (SSSR count). The second kappa shape index (κ2) is 7.79. The van der Waals surface area contributed by atoms with E-state index >= 15 is 0 Å². The summed E-state index contributed by atoms with van der Waals surface area (Å²) >= 11 is 3.09. The molecule has 0 radical (unpaired) electrons. The molecule has 0 aromatic heterocycles. The van der Waals surface area contributed by atoms with E-state index in [0.717, 1.165) is 12.8 Å². The second-order valence-corrected chi connectivity index (χ2v) is 3.71. The molecule has 0 aliphatic heterocycles. The fourth-order valence-electron chi connectivity index (χ4n) is 1.03. The number of halogens is 1. The van der Waals surface area contributed by atoms with E-state index in [2.05, 4.69) is 15.9 Å². The molecule has 0 aromatic rings. The van der Waals surface area contributed by atoms with Crippen molar-refractivity contribution in [2.24, 2.45) is 0 Å². The monoisotopic (exact) mass is 265 g/mol. The first-order valence-electron chi connectivity index (χ1n) is 4.59. The topological polar surface area (TPSA) is 57.6 Å². The SMILES string of the molecule is CN(CCCCCC(=O)O)C(=O)CBr. The molecule has 0 aliphatic rings. The lowest BCUT2D eigenvalue weighted by Crippen LogP contribution is -2.28. The number of rotatable bonds is 7. The largest absolute Gasteiger partial charge is 0.481 e. The van der Waals surface area contributed by atoms with Crippen LogP contribution in [0.15, 0.2) is 0 Å². The molecule has 0 fully saturated rings. The first-order valence-corrected chi connectivity index (χ1v) is 5.71. The van der Waals surface area contributed by atoms with Crippen molar-refractivity contribution < 1.29 is 14.7 Å². The predicted molar refractivity (Wildman–Crippen MR) is 57.5 cm³/mol. The number of nitrogens with zero attached hydrogens (tertiary/aromatic N) is 1. The van der Waals surface area contributed by atoms with Gasteiger partial charge in [-0.3, -0.25) is 9.59 Å². The lowest BCUT2D eigenvalue weighted by atomic mass is 10.2. The zero-order chi connectivity index (χ0) is 11.0. The van der Waals surface area contributed by atoms with E-state index in [9.17, 15) is 9.59 Å². The minimum atomic E-state index is -0.755. The van der Waals surface area contributed by atoms with Gasteiger partial charge >= 0.3 is 5.97 Å². The van der Waals surface area contributed by atoms with E-state index in [4.69, 9.17) is 5.11 Å². The van der Waals surface area contributed by atoms with E-state index in [1.165, 1.54) is 0 Å². The van der Waals surface area contributed by atoms with E-state index in [0.29, 0.717) is 18.3 Å². The number of carbonyl (C=O) groups excluding carboxylic acids is 1. The van der Waals surface area contributed by atoms with Gasteiger partial charge in [0.05, 0.1) is 5.33 Å². The van der Waals surface area contributed by atoms with Crippen molar-refractivity contribution in [3.05, 3.63) is 0 Å². The van der Waals surface area contributed by atoms with Crippen LogP contribution in [0.3, 0.4) is 0 Å². The summed E-state index contributed by atoms with van der Waals surface area (Å²) in [5.41, 5.74) is 0. The van der Waals surface area contributed by atoms with Gasteiger partial charge in [0.1, 0.15) is 0 Å². The van der Waals surface area contributed by atoms with Crippen LogP contribution >= 0.6 is 15.9 Å². The van der Waals surface area contributed by atoms with E-state index < -0.39 is 5.97 Å². The molecule has 1 amide bonds. The van der Waals surface area contributed by atoms with Crippen LogP contribution in [0.25, 0.3) is 0 Å². The summed E-state index contributed by atoms with van der Waals surface area (Å²) in [6, 6.07) is 0. The molecule has 5 heteroatoms. The third-order valence-electron chi connectivity index (χ3n) is 1.92. The average molecular weight is 266 g/mol. The van der Waals surface area contributed by atoms with Gasteiger partial charge in [0.15, 0.2) is 0 Å². The summed E-state index contributed by atoms with van der Waals surface area (Å²) < 4.78 is 0. The van der Waals surface area contributed by atoms with E-state index in [1.807, 2.05) is 0 Å². The molecule has 4 nitrogen and oxygen atoms in total. The number of amides is 1. The van der Waals surface area contributed by atoms with Gasteiger partial charge in [-0.2, -0.15) is 0 Å². The Kier molecular flexibility index (Phi) is 7.47. The van der Waals surface area contributed by atoms with Crippen molar-refractivity contribution in [1.29, 1.82) is 0 Å². The Bertz CT molecular complexity index is 196. The maximum atomic E-state index is 11.1. The van der Waals surface area contributed by atoms with Crippen LogP contribution in [0.1, 0.15) is 25.7 Å². The van der Waals surface area contributed by atoms with Crippen molar-refractivity contribution in [3.63, 3.8) is 0 Å². The summed E-state index contributed by atoms with van der Waals surface area (Å²) in [6.07, 6.45) is 2.62. The average Bonchev–Trinajstić information content (AvgIpc) is 2.15. The molecule has 0 atom stereocenters. The number of unbranched alkanes of at least 4 members (excludes halogenated alkanes) is 2. The fraction of sp³-hybridized carbons (Fsp3) is 0.778. The Balaban J connectivity index is 3.36. The molecule has 0 saturated carbocycles. The first kappa shape index (κ1) is 13.4. The van der Waals surface area contributed by atoms with Gasteiger partial charge < -0.3 is 10.0 Å². The van der Waals surface area contributed by atoms with Crippen molar-refractivity contribution >= 4 is 27.8 Å². The van der Waals surface area contributed by atoms with Gasteiger partial charge in [0.2, 0.25) is 5.91 Å². The Morgan fingerprint density at radius 2 is 1.93 bits per heavy atom. The van der Waals surface area contributed by atoms with Gasteiger partial charge in [-0.25, -0.2) is 0 Å². The molecule has 0 unspecified atom stereocenters. The fourth-order valence-corrected chi connectivity index (χ4v) is 1.46. The van der Waals surface area contributed by atoms with Crippen molar-refractivity contribution in [2.75, 3.05) is 18.9 Å². The standard InChI is InChI=1S/C9H16BrNO3/c1-11(8(12)7-10)6-4-2-3-5-9(13)14/h2-7H2,1H3,(H,13,14). The smallest absolute Gasteiger partial charge is 0.303 e. The number of hydrogen-bond donors (Lipinski definition) is 1. The molecule has 0 aromatic carbocycles. The molecule has 0 saturated heterocycles. The maximum absolute atomic E-state index is 11.1. The van der Waals surface area contributed by atoms with Crippen LogP contribution < -0.4 is 0 Å². The van der Waals surface area contributed by atoms with Crippen LogP contribution in [0.4, 0.5) is 0 Å². The maximum Gasteiger partial charge on any atom is 0.303 e. The highest BCUT2D eigenvalue weighted by Crippen LogP contribution is 2.01. The number of alkyl halides is 1. The third kappa shape index (κ3) is 6.88. The molecular formula is C9H16BrNO3. The third-order valence-corrected chi connectivity index (χ3v) is 2.40.